The zero-order valence-corrected chi connectivity index (χ0v) is 16.6. The van der Waals surface area contributed by atoms with Crippen molar-refractivity contribution in [1.82, 2.24) is 5.43 Å². The quantitative estimate of drug-likeness (QED) is 0.399. The van der Waals surface area contributed by atoms with Crippen LogP contribution in [-0.2, 0) is 11.2 Å². The first-order valence-corrected chi connectivity index (χ1v) is 9.02. The van der Waals surface area contributed by atoms with E-state index in [2.05, 4.69) is 10.5 Å². The molecule has 0 radical (unpaired) electrons. The molecule has 0 aliphatic heterocycles. The van der Waals surface area contributed by atoms with Gasteiger partial charge in [0, 0.05) is 0 Å². The maximum absolute atomic E-state index is 12.1. The summed E-state index contributed by atoms with van der Waals surface area (Å²) in [6, 6.07) is 9.49. The van der Waals surface area contributed by atoms with E-state index in [1.54, 1.807) is 12.1 Å². The molecule has 0 heterocycles. The van der Waals surface area contributed by atoms with Crippen LogP contribution in [0.2, 0.25) is 0 Å². The molecule has 0 spiro atoms. The van der Waals surface area contributed by atoms with Crippen molar-refractivity contribution >= 4 is 34.7 Å². The van der Waals surface area contributed by atoms with Crippen molar-refractivity contribution in [2.24, 2.45) is 5.10 Å². The molecule has 0 atom stereocenters. The van der Waals surface area contributed by atoms with E-state index in [1.165, 1.54) is 6.21 Å². The van der Waals surface area contributed by atoms with Crippen LogP contribution in [-0.4, -0.2) is 23.8 Å². The van der Waals surface area contributed by atoms with E-state index in [9.17, 15) is 9.90 Å². The van der Waals surface area contributed by atoms with Gasteiger partial charge < -0.3 is 9.84 Å². The van der Waals surface area contributed by atoms with Gasteiger partial charge in [0.2, 0.25) is 5.91 Å². The normalized spacial score (nSPS) is 10.9. The zero-order chi connectivity index (χ0) is 18.4. The van der Waals surface area contributed by atoms with Crippen molar-refractivity contribution in [2.45, 2.75) is 27.2 Å². The predicted octanol–water partition coefficient (Wildman–Crippen LogP) is 3.71. The van der Waals surface area contributed by atoms with Crippen molar-refractivity contribution in [3.8, 4) is 11.5 Å². The van der Waals surface area contributed by atoms with Gasteiger partial charge in [0.15, 0.2) is 11.5 Å². The lowest BCUT2D eigenvalue weighted by molar-refractivity contribution is -0.120. The molecule has 132 valence electrons. The molecule has 0 aliphatic rings. The molecule has 0 saturated carbocycles. The highest BCUT2D eigenvalue weighted by Crippen LogP contribution is 2.32. The van der Waals surface area contributed by atoms with Gasteiger partial charge in [0.05, 0.1) is 22.8 Å². The third-order valence-electron chi connectivity index (χ3n) is 3.61. The van der Waals surface area contributed by atoms with Gasteiger partial charge in [0.25, 0.3) is 0 Å². The highest BCUT2D eigenvalue weighted by molar-refractivity contribution is 14.1. The minimum absolute atomic E-state index is 0.110. The smallest absolute Gasteiger partial charge is 0.244 e. The lowest BCUT2D eigenvalue weighted by atomic mass is 10.0. The maximum Gasteiger partial charge on any atom is 0.244 e. The second-order valence-corrected chi connectivity index (χ2v) is 6.84. The Bertz CT molecular complexity index is 803. The molecule has 2 N–H and O–H groups in total. The number of phenolic OH excluding ortho intramolecular Hbond substituents is 1. The molecule has 0 saturated heterocycles. The fraction of sp³-hybridized carbons (Fsp3) is 0.263. The number of aromatic hydroxyl groups is 1. The second kappa shape index (κ2) is 8.84. The number of rotatable bonds is 6. The number of hydrogen-bond donors (Lipinski definition) is 2. The maximum atomic E-state index is 12.1. The van der Waals surface area contributed by atoms with Crippen LogP contribution in [0.1, 0.15) is 29.2 Å². The summed E-state index contributed by atoms with van der Waals surface area (Å²) in [5.41, 5.74) is 6.47. The average Bonchev–Trinajstić information content (AvgIpc) is 2.55. The largest absolute Gasteiger partial charge is 0.504 e. The number of carbonyl (C=O) groups is 1. The molecule has 5 nitrogen and oxygen atoms in total. The molecule has 2 aromatic rings. The molecule has 0 fully saturated rings. The van der Waals surface area contributed by atoms with Crippen molar-refractivity contribution < 1.29 is 14.6 Å². The highest BCUT2D eigenvalue weighted by atomic mass is 127. The second-order valence-electron chi connectivity index (χ2n) is 5.68. The Morgan fingerprint density at radius 2 is 2.08 bits per heavy atom. The van der Waals surface area contributed by atoms with Crippen LogP contribution in [0.15, 0.2) is 35.4 Å². The van der Waals surface area contributed by atoms with Crippen LogP contribution in [0.25, 0.3) is 0 Å². The number of aryl methyl sites for hydroxylation is 2. The van der Waals surface area contributed by atoms with Gasteiger partial charge in [-0.1, -0.05) is 23.8 Å². The Morgan fingerprint density at radius 3 is 2.80 bits per heavy atom. The number of ether oxygens (including phenoxy) is 1. The number of hydrogen-bond acceptors (Lipinski definition) is 4. The Kier molecular flexibility index (Phi) is 6.81. The summed E-state index contributed by atoms with van der Waals surface area (Å²) in [5, 5.41) is 13.9. The number of nitrogens with zero attached hydrogens (tertiary/aromatic N) is 1. The van der Waals surface area contributed by atoms with Crippen molar-refractivity contribution in [3.63, 3.8) is 0 Å². The summed E-state index contributed by atoms with van der Waals surface area (Å²) in [5.74, 6) is 0.333. The average molecular weight is 452 g/mol. The fourth-order valence-electron chi connectivity index (χ4n) is 2.32. The van der Waals surface area contributed by atoms with Crippen LogP contribution in [0, 0.1) is 17.4 Å². The number of halogens is 1. The van der Waals surface area contributed by atoms with Gasteiger partial charge in [0.1, 0.15) is 0 Å². The van der Waals surface area contributed by atoms with Gasteiger partial charge >= 0.3 is 0 Å². The van der Waals surface area contributed by atoms with Crippen LogP contribution < -0.4 is 10.2 Å². The van der Waals surface area contributed by atoms with E-state index in [4.69, 9.17) is 4.74 Å². The Hall–Kier alpha value is -2.09. The van der Waals surface area contributed by atoms with Crippen molar-refractivity contribution in [2.75, 3.05) is 6.61 Å². The summed E-state index contributed by atoms with van der Waals surface area (Å²) in [4.78, 5) is 12.1. The number of benzene rings is 2. The number of amides is 1. The van der Waals surface area contributed by atoms with E-state index in [-0.39, 0.29) is 18.1 Å². The fourth-order valence-corrected chi connectivity index (χ4v) is 2.94. The Labute approximate surface area is 161 Å². The first-order valence-electron chi connectivity index (χ1n) is 7.94. The monoisotopic (exact) mass is 452 g/mol. The minimum atomic E-state index is -0.177. The molecular formula is C19H21IN2O3. The lowest BCUT2D eigenvalue weighted by Gasteiger charge is -2.08. The molecule has 0 aliphatic carbocycles. The van der Waals surface area contributed by atoms with E-state index in [1.807, 2.05) is 61.6 Å². The highest BCUT2D eigenvalue weighted by Gasteiger charge is 2.09. The van der Waals surface area contributed by atoms with Crippen LogP contribution in [0.3, 0.4) is 0 Å². The van der Waals surface area contributed by atoms with E-state index < -0.39 is 0 Å². The minimum Gasteiger partial charge on any atom is -0.504 e. The summed E-state index contributed by atoms with van der Waals surface area (Å²) in [6.07, 6.45) is 1.81. The first-order chi connectivity index (χ1) is 11.9. The van der Waals surface area contributed by atoms with Crippen LogP contribution >= 0.6 is 22.6 Å². The molecule has 0 aromatic heterocycles. The lowest BCUT2D eigenvalue weighted by Crippen LogP contribution is -2.20. The van der Waals surface area contributed by atoms with Crippen molar-refractivity contribution in [3.05, 3.63) is 56.2 Å². The molecule has 0 unspecified atom stereocenters. The van der Waals surface area contributed by atoms with Gasteiger partial charge in [-0.3, -0.25) is 4.79 Å². The van der Waals surface area contributed by atoms with Gasteiger partial charge in [-0.2, -0.15) is 5.10 Å². The van der Waals surface area contributed by atoms with E-state index in [0.717, 1.165) is 22.3 Å². The molecular weight excluding hydrogens is 431 g/mol. The van der Waals surface area contributed by atoms with Gasteiger partial charge in [-0.05, 0) is 72.2 Å². The molecule has 2 rings (SSSR count). The first kappa shape index (κ1) is 19.2. The third-order valence-corrected chi connectivity index (χ3v) is 4.43. The molecule has 6 heteroatoms. The number of hydrazone groups is 1. The standard InChI is InChI=1S/C19H21IN2O3/c1-4-25-17-9-14(8-16(20)19(17)24)11-21-22-18(23)10-15-7-12(2)5-6-13(15)3/h5-9,11,24H,4,10H2,1-3H3,(H,22,23)/b21-11+. The zero-order valence-electron chi connectivity index (χ0n) is 14.5. The summed E-state index contributed by atoms with van der Waals surface area (Å²) < 4.78 is 6.04. The SMILES string of the molecule is CCOc1cc(/C=N/NC(=O)Cc2cc(C)ccc2C)cc(I)c1O. The molecule has 0 bridgehead atoms. The summed E-state index contributed by atoms with van der Waals surface area (Å²) in [6.45, 7) is 6.29. The van der Waals surface area contributed by atoms with Crippen LogP contribution in [0.4, 0.5) is 0 Å². The van der Waals surface area contributed by atoms with Crippen molar-refractivity contribution in [1.29, 1.82) is 0 Å². The number of carbonyl (C=O) groups excluding carboxylic acids is 1. The summed E-state index contributed by atoms with van der Waals surface area (Å²) >= 11 is 2.02. The topological polar surface area (TPSA) is 70.9 Å². The molecule has 1 amide bonds. The predicted molar refractivity (Wildman–Crippen MR) is 107 cm³/mol. The summed E-state index contributed by atoms with van der Waals surface area (Å²) in [7, 11) is 0. The van der Waals surface area contributed by atoms with Crippen LogP contribution in [0.5, 0.6) is 11.5 Å². The third kappa shape index (κ3) is 5.45. The number of phenols is 1. The Morgan fingerprint density at radius 1 is 1.32 bits per heavy atom. The van der Waals surface area contributed by atoms with E-state index in [0.29, 0.717) is 15.9 Å². The van der Waals surface area contributed by atoms with Gasteiger partial charge in [-0.25, -0.2) is 5.43 Å². The molecule has 2 aromatic carbocycles. The van der Waals surface area contributed by atoms with E-state index >= 15 is 0 Å². The number of nitrogens with one attached hydrogen (secondary N) is 1. The molecule has 25 heavy (non-hydrogen) atoms. The Balaban J connectivity index is 2.03. The van der Waals surface area contributed by atoms with Gasteiger partial charge in [-0.15, -0.1) is 0 Å².